The zero-order chi connectivity index (χ0) is 13.4. The Morgan fingerprint density at radius 1 is 1.33 bits per heavy atom. The van der Waals surface area contributed by atoms with Gasteiger partial charge in [-0.2, -0.15) is 13.2 Å². The van der Waals surface area contributed by atoms with Gasteiger partial charge in [0.15, 0.2) is 0 Å². The molecule has 0 amide bonds. The smallest absolute Gasteiger partial charge is 0.419 e. The number of aliphatic hydroxyl groups excluding tert-OH is 1. The monoisotopic (exact) mass is 260 g/mol. The van der Waals surface area contributed by atoms with Crippen molar-refractivity contribution in [1.82, 2.24) is 0 Å². The molecule has 1 aliphatic rings. The third-order valence-electron chi connectivity index (χ3n) is 3.71. The molecule has 0 aliphatic heterocycles. The molecule has 0 unspecified atom stereocenters. The summed E-state index contributed by atoms with van der Waals surface area (Å²) in [6, 6.07) is 3.99. The van der Waals surface area contributed by atoms with Crippen LogP contribution in [0.3, 0.4) is 0 Å². The van der Waals surface area contributed by atoms with Gasteiger partial charge in [-0.15, -0.1) is 0 Å². The van der Waals surface area contributed by atoms with Crippen LogP contribution in [0.25, 0.3) is 0 Å². The maximum Gasteiger partial charge on any atom is 0.419 e. The van der Waals surface area contributed by atoms with Crippen LogP contribution in [-0.4, -0.2) is 18.8 Å². The summed E-state index contributed by atoms with van der Waals surface area (Å²) >= 11 is 0. The number of methoxy groups -OCH3 is 1. The number of hydrogen-bond acceptors (Lipinski definition) is 2. The Bertz CT molecular complexity index is 431. The van der Waals surface area contributed by atoms with E-state index < -0.39 is 17.2 Å². The van der Waals surface area contributed by atoms with Crippen LogP contribution in [-0.2, 0) is 11.6 Å². The third kappa shape index (κ3) is 1.96. The highest BCUT2D eigenvalue weighted by Gasteiger charge is 2.43. The molecule has 0 spiro atoms. The number of alkyl halides is 3. The van der Waals surface area contributed by atoms with E-state index in [0.29, 0.717) is 18.4 Å². The maximum absolute atomic E-state index is 12.9. The first kappa shape index (κ1) is 13.2. The average molecular weight is 260 g/mol. The molecule has 1 N–H and O–H groups in total. The molecule has 100 valence electrons. The van der Waals surface area contributed by atoms with Crippen molar-refractivity contribution in [3.8, 4) is 5.75 Å². The van der Waals surface area contributed by atoms with Gasteiger partial charge in [0.05, 0.1) is 19.3 Å². The Hall–Kier alpha value is -1.23. The number of ether oxygens (including phenoxy) is 1. The predicted molar refractivity (Wildman–Crippen MR) is 60.6 cm³/mol. The van der Waals surface area contributed by atoms with E-state index in [9.17, 15) is 18.3 Å². The topological polar surface area (TPSA) is 29.5 Å². The first-order valence-electron chi connectivity index (χ1n) is 5.80. The number of benzene rings is 1. The summed E-state index contributed by atoms with van der Waals surface area (Å²) in [5.41, 5.74) is -0.872. The van der Waals surface area contributed by atoms with E-state index in [1.807, 2.05) is 0 Å². The van der Waals surface area contributed by atoms with Gasteiger partial charge in [0.25, 0.3) is 0 Å². The summed E-state index contributed by atoms with van der Waals surface area (Å²) in [6.45, 7) is -0.148. The fourth-order valence-corrected chi connectivity index (χ4v) is 2.51. The van der Waals surface area contributed by atoms with Crippen LogP contribution in [0.2, 0.25) is 0 Å². The molecule has 0 saturated heterocycles. The van der Waals surface area contributed by atoms with E-state index in [2.05, 4.69) is 0 Å². The molecular weight excluding hydrogens is 245 g/mol. The second-order valence-electron chi connectivity index (χ2n) is 4.68. The molecule has 1 saturated carbocycles. The normalized spacial score (nSPS) is 18.3. The fraction of sp³-hybridized carbons (Fsp3) is 0.538. The molecule has 0 heterocycles. The standard InChI is InChI=1S/C13H15F3O2/c1-18-11-9(12(8-17)6-3-7-12)4-2-5-10(11)13(14,15)16/h2,4-5,17H,3,6-8H2,1H3. The summed E-state index contributed by atoms with van der Waals surface area (Å²) in [6.07, 6.45) is -2.13. The van der Waals surface area contributed by atoms with E-state index in [1.54, 1.807) is 6.07 Å². The lowest BCUT2D eigenvalue weighted by Gasteiger charge is -2.41. The summed E-state index contributed by atoms with van der Waals surface area (Å²) in [5, 5.41) is 9.47. The Morgan fingerprint density at radius 2 is 2.00 bits per heavy atom. The zero-order valence-corrected chi connectivity index (χ0v) is 10.0. The van der Waals surface area contributed by atoms with Gasteiger partial charge in [-0.05, 0) is 18.9 Å². The van der Waals surface area contributed by atoms with Crippen molar-refractivity contribution < 1.29 is 23.0 Å². The number of hydrogen-bond donors (Lipinski definition) is 1. The van der Waals surface area contributed by atoms with E-state index in [4.69, 9.17) is 4.74 Å². The van der Waals surface area contributed by atoms with Crippen molar-refractivity contribution in [3.05, 3.63) is 29.3 Å². The van der Waals surface area contributed by atoms with Gasteiger partial charge in [-0.25, -0.2) is 0 Å². The van der Waals surface area contributed by atoms with Crippen LogP contribution in [0.1, 0.15) is 30.4 Å². The molecule has 0 aromatic heterocycles. The quantitative estimate of drug-likeness (QED) is 0.904. The van der Waals surface area contributed by atoms with E-state index in [-0.39, 0.29) is 12.4 Å². The van der Waals surface area contributed by atoms with Crippen molar-refractivity contribution in [3.63, 3.8) is 0 Å². The lowest BCUT2D eigenvalue weighted by atomic mass is 9.64. The van der Waals surface area contributed by atoms with Crippen molar-refractivity contribution >= 4 is 0 Å². The van der Waals surface area contributed by atoms with Crippen molar-refractivity contribution in [2.75, 3.05) is 13.7 Å². The first-order valence-corrected chi connectivity index (χ1v) is 5.80. The molecule has 2 nitrogen and oxygen atoms in total. The van der Waals surface area contributed by atoms with Gasteiger partial charge in [-0.1, -0.05) is 18.6 Å². The molecule has 1 aromatic carbocycles. The van der Waals surface area contributed by atoms with Crippen molar-refractivity contribution in [2.24, 2.45) is 0 Å². The van der Waals surface area contributed by atoms with Gasteiger partial charge in [0, 0.05) is 11.0 Å². The molecule has 0 atom stereocenters. The van der Waals surface area contributed by atoms with Gasteiger partial charge < -0.3 is 9.84 Å². The first-order chi connectivity index (χ1) is 8.44. The predicted octanol–water partition coefficient (Wildman–Crippen LogP) is 3.13. The number of para-hydroxylation sites is 1. The zero-order valence-electron chi connectivity index (χ0n) is 10.0. The van der Waals surface area contributed by atoms with Gasteiger partial charge in [-0.3, -0.25) is 0 Å². The molecule has 1 aromatic rings. The van der Waals surface area contributed by atoms with Crippen LogP contribution in [0.4, 0.5) is 13.2 Å². The van der Waals surface area contributed by atoms with Crippen LogP contribution in [0, 0.1) is 0 Å². The third-order valence-corrected chi connectivity index (χ3v) is 3.71. The minimum absolute atomic E-state index is 0.148. The molecule has 0 bridgehead atoms. The average Bonchev–Trinajstić information content (AvgIpc) is 2.27. The second-order valence-corrected chi connectivity index (χ2v) is 4.68. The molecule has 1 fully saturated rings. The van der Waals surface area contributed by atoms with Crippen molar-refractivity contribution in [2.45, 2.75) is 30.9 Å². The number of rotatable bonds is 3. The minimum Gasteiger partial charge on any atom is -0.496 e. The molecule has 0 radical (unpaired) electrons. The lowest BCUT2D eigenvalue weighted by molar-refractivity contribution is -0.138. The summed E-state index contributed by atoms with van der Waals surface area (Å²) in [7, 11) is 1.23. The molecule has 2 rings (SSSR count). The SMILES string of the molecule is COc1c(C(F)(F)F)cccc1C1(CO)CCC1. The highest BCUT2D eigenvalue weighted by atomic mass is 19.4. The second kappa shape index (κ2) is 4.46. The van der Waals surface area contributed by atoms with Crippen LogP contribution < -0.4 is 4.74 Å². The Kier molecular flexibility index (Phi) is 3.27. The number of halogens is 3. The van der Waals surface area contributed by atoms with Crippen LogP contribution >= 0.6 is 0 Å². The minimum atomic E-state index is -4.44. The Balaban J connectivity index is 2.55. The Morgan fingerprint density at radius 3 is 2.39 bits per heavy atom. The molecule has 1 aliphatic carbocycles. The fourth-order valence-electron chi connectivity index (χ4n) is 2.51. The molecule has 5 heteroatoms. The largest absolute Gasteiger partial charge is 0.496 e. The molecule has 18 heavy (non-hydrogen) atoms. The maximum atomic E-state index is 12.9. The summed E-state index contributed by atoms with van der Waals surface area (Å²) in [4.78, 5) is 0. The number of aliphatic hydroxyl groups is 1. The van der Waals surface area contributed by atoms with E-state index >= 15 is 0 Å². The van der Waals surface area contributed by atoms with Crippen LogP contribution in [0.5, 0.6) is 5.75 Å². The van der Waals surface area contributed by atoms with Gasteiger partial charge >= 0.3 is 6.18 Å². The summed E-state index contributed by atoms with van der Waals surface area (Å²) < 4.78 is 43.6. The van der Waals surface area contributed by atoms with Gasteiger partial charge in [0.1, 0.15) is 5.75 Å². The highest BCUT2D eigenvalue weighted by molar-refractivity contribution is 5.48. The lowest BCUT2D eigenvalue weighted by Crippen LogP contribution is -2.38. The summed E-state index contributed by atoms with van der Waals surface area (Å²) in [5.74, 6) is -0.154. The van der Waals surface area contributed by atoms with Crippen LogP contribution in [0.15, 0.2) is 18.2 Å². The highest BCUT2D eigenvalue weighted by Crippen LogP contribution is 2.49. The Labute approximate surface area is 103 Å². The van der Waals surface area contributed by atoms with E-state index in [0.717, 1.165) is 12.5 Å². The molecular formula is C13H15F3O2. The van der Waals surface area contributed by atoms with Gasteiger partial charge in [0.2, 0.25) is 0 Å². The van der Waals surface area contributed by atoms with Crippen molar-refractivity contribution in [1.29, 1.82) is 0 Å². The van der Waals surface area contributed by atoms with E-state index in [1.165, 1.54) is 13.2 Å².